The molecule has 0 radical (unpaired) electrons. The Morgan fingerprint density at radius 3 is 2.65 bits per heavy atom. The van der Waals surface area contributed by atoms with Crippen LogP contribution in [0.5, 0.6) is 0 Å². The molecule has 17 heavy (non-hydrogen) atoms. The van der Waals surface area contributed by atoms with Gasteiger partial charge in [-0.2, -0.15) is 0 Å². The van der Waals surface area contributed by atoms with Crippen LogP contribution >= 0.6 is 11.6 Å². The van der Waals surface area contributed by atoms with Crippen molar-refractivity contribution in [2.24, 2.45) is 5.73 Å². The van der Waals surface area contributed by atoms with Crippen LogP contribution in [0.25, 0.3) is 0 Å². The van der Waals surface area contributed by atoms with Crippen LogP contribution < -0.4 is 5.73 Å². The monoisotopic (exact) mass is 252 g/mol. The largest absolute Gasteiger partial charge is 0.369 e. The van der Waals surface area contributed by atoms with Gasteiger partial charge in [-0.25, -0.2) is 0 Å². The summed E-state index contributed by atoms with van der Waals surface area (Å²) >= 11 is 5.78. The van der Waals surface area contributed by atoms with E-state index >= 15 is 0 Å². The molecule has 2 aromatic rings. The molecular weight excluding hydrogens is 240 g/mol. The summed E-state index contributed by atoms with van der Waals surface area (Å²) in [6.07, 6.45) is 0. The van der Waals surface area contributed by atoms with Gasteiger partial charge < -0.3 is 15.0 Å². The number of halogens is 1. The lowest BCUT2D eigenvalue weighted by Crippen LogP contribution is -1.95. The topological polar surface area (TPSA) is 61.3 Å². The van der Waals surface area contributed by atoms with Crippen LogP contribution in [0.4, 0.5) is 0 Å². The van der Waals surface area contributed by atoms with Crippen LogP contribution in [0, 0.1) is 0 Å². The molecule has 0 aliphatic rings. The summed E-state index contributed by atoms with van der Waals surface area (Å²) in [5.74, 6) is 0.680. The van der Waals surface area contributed by atoms with Crippen molar-refractivity contribution in [1.29, 1.82) is 0 Å². The minimum atomic E-state index is 0.376. The van der Waals surface area contributed by atoms with E-state index in [2.05, 4.69) is 5.16 Å². The van der Waals surface area contributed by atoms with Crippen molar-refractivity contribution in [3.63, 3.8) is 0 Å². The second-order valence-electron chi connectivity index (χ2n) is 3.61. The van der Waals surface area contributed by atoms with Gasteiger partial charge in [0, 0.05) is 17.6 Å². The van der Waals surface area contributed by atoms with Gasteiger partial charge in [-0.3, -0.25) is 0 Å². The van der Waals surface area contributed by atoms with E-state index in [0.717, 1.165) is 16.3 Å². The summed E-state index contributed by atoms with van der Waals surface area (Å²) in [7, 11) is 0. The van der Waals surface area contributed by atoms with Gasteiger partial charge in [0.15, 0.2) is 5.76 Å². The molecular formula is C12H13ClN2O2. The molecule has 0 fully saturated rings. The summed E-state index contributed by atoms with van der Waals surface area (Å²) in [4.78, 5) is 0. The smallest absolute Gasteiger partial charge is 0.162 e. The van der Waals surface area contributed by atoms with Gasteiger partial charge in [-0.15, -0.1) is 0 Å². The van der Waals surface area contributed by atoms with Crippen LogP contribution in [0.3, 0.4) is 0 Å². The van der Waals surface area contributed by atoms with Crippen molar-refractivity contribution >= 4 is 11.6 Å². The van der Waals surface area contributed by atoms with Gasteiger partial charge in [0.25, 0.3) is 0 Å². The van der Waals surface area contributed by atoms with E-state index in [4.69, 9.17) is 26.6 Å². The van der Waals surface area contributed by atoms with Crippen molar-refractivity contribution in [1.82, 2.24) is 5.16 Å². The molecule has 5 heteroatoms. The summed E-state index contributed by atoms with van der Waals surface area (Å²) in [6.45, 7) is 1.27. The maximum atomic E-state index is 5.78. The maximum absolute atomic E-state index is 5.78. The van der Waals surface area contributed by atoms with E-state index < -0.39 is 0 Å². The van der Waals surface area contributed by atoms with E-state index in [-0.39, 0.29) is 0 Å². The molecule has 0 bridgehead atoms. The number of nitrogens with two attached hydrogens (primary N) is 1. The first-order valence-electron chi connectivity index (χ1n) is 5.24. The lowest BCUT2D eigenvalue weighted by Gasteiger charge is -2.01. The number of aromatic nitrogens is 1. The second kappa shape index (κ2) is 5.82. The third kappa shape index (κ3) is 3.56. The molecule has 0 saturated heterocycles. The first-order valence-corrected chi connectivity index (χ1v) is 5.62. The molecule has 90 valence electrons. The lowest BCUT2D eigenvalue weighted by molar-refractivity contribution is 0.0883. The molecule has 1 aromatic heterocycles. The van der Waals surface area contributed by atoms with Crippen LogP contribution in [0.1, 0.15) is 17.0 Å². The zero-order valence-corrected chi connectivity index (χ0v) is 9.98. The predicted octanol–water partition coefficient (Wildman–Crippen LogP) is 2.50. The van der Waals surface area contributed by atoms with Gasteiger partial charge in [0.1, 0.15) is 6.61 Å². The zero-order valence-electron chi connectivity index (χ0n) is 9.23. The van der Waals surface area contributed by atoms with Crippen LogP contribution in [0.15, 0.2) is 34.9 Å². The van der Waals surface area contributed by atoms with E-state index in [9.17, 15) is 0 Å². The van der Waals surface area contributed by atoms with E-state index in [1.165, 1.54) is 0 Å². The quantitative estimate of drug-likeness (QED) is 0.888. The van der Waals surface area contributed by atoms with E-state index in [1.807, 2.05) is 24.3 Å². The Labute approximate surface area is 104 Å². The molecule has 0 saturated carbocycles. The fourth-order valence-electron chi connectivity index (χ4n) is 1.37. The van der Waals surface area contributed by atoms with Crippen LogP contribution in [-0.4, -0.2) is 5.16 Å². The van der Waals surface area contributed by atoms with Crippen molar-refractivity contribution < 1.29 is 9.26 Å². The first kappa shape index (κ1) is 12.1. The molecule has 2 N–H and O–H groups in total. The van der Waals surface area contributed by atoms with Crippen molar-refractivity contribution in [3.8, 4) is 0 Å². The summed E-state index contributed by atoms with van der Waals surface area (Å²) in [5.41, 5.74) is 7.22. The summed E-state index contributed by atoms with van der Waals surface area (Å²) in [5, 5.41) is 4.49. The Morgan fingerprint density at radius 2 is 2.00 bits per heavy atom. The third-order valence-electron chi connectivity index (χ3n) is 2.24. The minimum Gasteiger partial charge on any atom is -0.369 e. The highest BCUT2D eigenvalue weighted by Gasteiger charge is 2.02. The molecule has 0 amide bonds. The zero-order chi connectivity index (χ0) is 12.1. The van der Waals surface area contributed by atoms with Gasteiger partial charge in [-0.05, 0) is 17.7 Å². The summed E-state index contributed by atoms with van der Waals surface area (Å²) < 4.78 is 10.5. The number of benzene rings is 1. The van der Waals surface area contributed by atoms with Crippen molar-refractivity contribution in [2.45, 2.75) is 19.8 Å². The standard InChI is InChI=1S/C12H13ClN2O2/c13-10-3-1-9(2-4-10)7-16-8-12-5-11(6-14)15-17-12/h1-5H,6-8,14H2. The average molecular weight is 253 g/mol. The van der Waals surface area contributed by atoms with Crippen LogP contribution in [0.2, 0.25) is 5.02 Å². The lowest BCUT2D eigenvalue weighted by atomic mass is 10.2. The third-order valence-corrected chi connectivity index (χ3v) is 2.50. The Morgan fingerprint density at radius 1 is 1.24 bits per heavy atom. The fourth-order valence-corrected chi connectivity index (χ4v) is 1.50. The molecule has 0 aliphatic heterocycles. The van der Waals surface area contributed by atoms with Gasteiger partial charge in [0.05, 0.1) is 12.3 Å². The van der Waals surface area contributed by atoms with Crippen LogP contribution in [-0.2, 0) is 24.5 Å². The maximum Gasteiger partial charge on any atom is 0.162 e. The van der Waals surface area contributed by atoms with Gasteiger partial charge in [0.2, 0.25) is 0 Å². The van der Waals surface area contributed by atoms with Crippen molar-refractivity contribution in [3.05, 3.63) is 52.4 Å². The van der Waals surface area contributed by atoms with Gasteiger partial charge >= 0.3 is 0 Å². The SMILES string of the molecule is NCc1cc(COCc2ccc(Cl)cc2)on1. The minimum absolute atomic E-state index is 0.376. The number of rotatable bonds is 5. The molecule has 0 aliphatic carbocycles. The molecule has 0 atom stereocenters. The number of nitrogens with zero attached hydrogens (tertiary/aromatic N) is 1. The molecule has 2 rings (SSSR count). The fraction of sp³-hybridized carbons (Fsp3) is 0.250. The highest BCUT2D eigenvalue weighted by Crippen LogP contribution is 2.11. The highest BCUT2D eigenvalue weighted by molar-refractivity contribution is 6.30. The van der Waals surface area contributed by atoms with Crippen molar-refractivity contribution in [2.75, 3.05) is 0 Å². The Bertz CT molecular complexity index is 468. The Hall–Kier alpha value is -1.36. The molecule has 4 nitrogen and oxygen atoms in total. The van der Waals surface area contributed by atoms with E-state index in [0.29, 0.717) is 25.5 Å². The number of hydrogen-bond donors (Lipinski definition) is 1. The highest BCUT2D eigenvalue weighted by atomic mass is 35.5. The normalized spacial score (nSPS) is 10.7. The predicted molar refractivity (Wildman–Crippen MR) is 64.3 cm³/mol. The number of hydrogen-bond acceptors (Lipinski definition) is 4. The molecule has 1 heterocycles. The molecule has 1 aromatic carbocycles. The molecule has 0 spiro atoms. The second-order valence-corrected chi connectivity index (χ2v) is 4.04. The molecule has 0 unspecified atom stereocenters. The number of ether oxygens (including phenoxy) is 1. The van der Waals surface area contributed by atoms with Gasteiger partial charge in [-0.1, -0.05) is 28.9 Å². The average Bonchev–Trinajstić information content (AvgIpc) is 2.80. The Kier molecular flexibility index (Phi) is 4.14. The van der Waals surface area contributed by atoms with E-state index in [1.54, 1.807) is 6.07 Å². The first-order chi connectivity index (χ1) is 8.28. The summed E-state index contributed by atoms with van der Waals surface area (Å²) in [6, 6.07) is 9.31. The Balaban J connectivity index is 1.81.